The summed E-state index contributed by atoms with van der Waals surface area (Å²) < 4.78 is 2.33. The lowest BCUT2D eigenvalue weighted by molar-refractivity contribution is 0.0623. The SMILES string of the molecule is Cc1cc(C)c(C(=O)N2CCN(Cc3nc4ccccc4n3Cc3ccccc3)CC2)c(C)c1. The highest BCUT2D eigenvalue weighted by atomic mass is 16.2. The Morgan fingerprint density at radius 1 is 0.824 bits per heavy atom. The number of aromatic nitrogens is 2. The Bertz CT molecular complexity index is 1290. The van der Waals surface area contributed by atoms with Gasteiger partial charge in [0, 0.05) is 38.3 Å². The molecule has 0 N–H and O–H groups in total. The molecule has 0 aliphatic carbocycles. The van der Waals surface area contributed by atoms with Crippen molar-refractivity contribution in [2.75, 3.05) is 26.2 Å². The summed E-state index contributed by atoms with van der Waals surface area (Å²) in [6, 6.07) is 23.1. The highest BCUT2D eigenvalue weighted by molar-refractivity contribution is 5.97. The fourth-order valence-corrected chi connectivity index (χ4v) is 5.17. The maximum Gasteiger partial charge on any atom is 0.254 e. The number of hydrogen-bond donors (Lipinski definition) is 0. The van der Waals surface area contributed by atoms with Crippen molar-refractivity contribution in [2.45, 2.75) is 33.9 Å². The van der Waals surface area contributed by atoms with Crippen molar-refractivity contribution >= 4 is 16.9 Å². The molecule has 0 atom stereocenters. The van der Waals surface area contributed by atoms with Gasteiger partial charge in [-0.2, -0.15) is 0 Å². The number of rotatable bonds is 5. The summed E-state index contributed by atoms with van der Waals surface area (Å²) in [6.45, 7) is 10.9. The Morgan fingerprint density at radius 3 is 2.18 bits per heavy atom. The molecule has 174 valence electrons. The van der Waals surface area contributed by atoms with Crippen molar-refractivity contribution in [2.24, 2.45) is 0 Å². The van der Waals surface area contributed by atoms with Crippen LogP contribution in [-0.4, -0.2) is 51.4 Å². The van der Waals surface area contributed by atoms with E-state index in [0.717, 1.165) is 67.3 Å². The van der Waals surface area contributed by atoms with E-state index in [1.165, 1.54) is 16.6 Å². The van der Waals surface area contributed by atoms with Crippen LogP contribution in [0.15, 0.2) is 66.7 Å². The van der Waals surface area contributed by atoms with Gasteiger partial charge in [0.15, 0.2) is 0 Å². The minimum atomic E-state index is 0.158. The second-order valence-electron chi connectivity index (χ2n) is 9.43. The molecule has 0 spiro atoms. The fourth-order valence-electron chi connectivity index (χ4n) is 5.17. The van der Waals surface area contributed by atoms with E-state index in [4.69, 9.17) is 4.98 Å². The molecule has 1 aliphatic heterocycles. The number of amides is 1. The minimum absolute atomic E-state index is 0.158. The van der Waals surface area contributed by atoms with Crippen molar-refractivity contribution in [1.29, 1.82) is 0 Å². The van der Waals surface area contributed by atoms with Crippen LogP contribution in [0.4, 0.5) is 0 Å². The number of para-hydroxylation sites is 2. The monoisotopic (exact) mass is 452 g/mol. The first-order chi connectivity index (χ1) is 16.5. The molecular weight excluding hydrogens is 420 g/mol. The normalized spacial score (nSPS) is 14.6. The number of fused-ring (bicyclic) bond motifs is 1. The zero-order valence-corrected chi connectivity index (χ0v) is 20.3. The molecule has 1 fully saturated rings. The molecule has 3 aromatic carbocycles. The first-order valence-electron chi connectivity index (χ1n) is 12.1. The summed E-state index contributed by atoms with van der Waals surface area (Å²) >= 11 is 0. The van der Waals surface area contributed by atoms with Crippen LogP contribution >= 0.6 is 0 Å². The van der Waals surface area contributed by atoms with Crippen LogP contribution in [0.3, 0.4) is 0 Å². The number of carbonyl (C=O) groups is 1. The van der Waals surface area contributed by atoms with Crippen LogP contribution in [0.1, 0.15) is 38.4 Å². The Labute approximate surface area is 201 Å². The van der Waals surface area contributed by atoms with Crippen LogP contribution in [0.25, 0.3) is 11.0 Å². The maximum absolute atomic E-state index is 13.3. The van der Waals surface area contributed by atoms with E-state index < -0.39 is 0 Å². The molecule has 1 aliphatic rings. The smallest absolute Gasteiger partial charge is 0.254 e. The van der Waals surface area contributed by atoms with E-state index in [0.29, 0.717) is 0 Å². The molecule has 5 rings (SSSR count). The standard InChI is InChI=1S/C29H32N4O/c1-21-17-22(2)28(23(3)18-21)29(34)32-15-13-31(14-16-32)20-27-30-25-11-7-8-12-26(25)33(27)19-24-9-5-4-6-10-24/h4-12,17-18H,13-16,19-20H2,1-3H3. The second-order valence-corrected chi connectivity index (χ2v) is 9.43. The van der Waals surface area contributed by atoms with Crippen LogP contribution < -0.4 is 0 Å². The van der Waals surface area contributed by atoms with Crippen molar-refractivity contribution in [1.82, 2.24) is 19.4 Å². The third-order valence-electron chi connectivity index (χ3n) is 6.83. The van der Waals surface area contributed by atoms with E-state index in [1.54, 1.807) is 0 Å². The molecule has 1 aromatic heterocycles. The highest BCUT2D eigenvalue weighted by Gasteiger charge is 2.25. The number of hydrogen-bond acceptors (Lipinski definition) is 3. The van der Waals surface area contributed by atoms with E-state index >= 15 is 0 Å². The third-order valence-corrected chi connectivity index (χ3v) is 6.83. The average Bonchev–Trinajstić information content (AvgIpc) is 3.16. The first kappa shape index (κ1) is 22.4. The Kier molecular flexibility index (Phi) is 6.20. The van der Waals surface area contributed by atoms with E-state index in [-0.39, 0.29) is 5.91 Å². The summed E-state index contributed by atoms with van der Waals surface area (Å²) in [5.74, 6) is 1.24. The molecule has 5 heteroatoms. The number of aryl methyl sites for hydroxylation is 3. The van der Waals surface area contributed by atoms with Crippen molar-refractivity contribution in [3.8, 4) is 0 Å². The lowest BCUT2D eigenvalue weighted by Gasteiger charge is -2.35. The number of benzene rings is 3. The number of piperazine rings is 1. The summed E-state index contributed by atoms with van der Waals surface area (Å²) in [4.78, 5) is 22.7. The van der Waals surface area contributed by atoms with Gasteiger partial charge in [-0.1, -0.05) is 60.2 Å². The lowest BCUT2D eigenvalue weighted by atomic mass is 9.98. The molecular formula is C29H32N4O. The van der Waals surface area contributed by atoms with Crippen LogP contribution in [0.5, 0.6) is 0 Å². The molecule has 1 amide bonds. The van der Waals surface area contributed by atoms with Gasteiger partial charge >= 0.3 is 0 Å². The van der Waals surface area contributed by atoms with Gasteiger partial charge < -0.3 is 9.47 Å². The van der Waals surface area contributed by atoms with Crippen LogP contribution in [0, 0.1) is 20.8 Å². The Balaban J connectivity index is 1.31. The van der Waals surface area contributed by atoms with Gasteiger partial charge in [-0.25, -0.2) is 4.98 Å². The van der Waals surface area contributed by atoms with Gasteiger partial charge in [0.1, 0.15) is 5.82 Å². The topological polar surface area (TPSA) is 41.4 Å². The molecule has 5 nitrogen and oxygen atoms in total. The van der Waals surface area contributed by atoms with Crippen molar-refractivity contribution in [3.63, 3.8) is 0 Å². The van der Waals surface area contributed by atoms with E-state index in [1.807, 2.05) is 24.8 Å². The lowest BCUT2D eigenvalue weighted by Crippen LogP contribution is -2.48. The highest BCUT2D eigenvalue weighted by Crippen LogP contribution is 2.22. The maximum atomic E-state index is 13.3. The zero-order chi connectivity index (χ0) is 23.7. The molecule has 1 saturated heterocycles. The quantitative estimate of drug-likeness (QED) is 0.429. The van der Waals surface area contributed by atoms with Crippen molar-refractivity contribution in [3.05, 3.63) is 100 Å². The summed E-state index contributed by atoms with van der Waals surface area (Å²) in [6.07, 6.45) is 0. The molecule has 0 unspecified atom stereocenters. The predicted molar refractivity (Wildman–Crippen MR) is 137 cm³/mol. The molecule has 34 heavy (non-hydrogen) atoms. The summed E-state index contributed by atoms with van der Waals surface area (Å²) in [5.41, 5.74) is 7.68. The number of carbonyl (C=O) groups excluding carboxylic acids is 1. The molecule has 0 saturated carbocycles. The van der Waals surface area contributed by atoms with Crippen LogP contribution in [0.2, 0.25) is 0 Å². The Hall–Kier alpha value is -3.44. The molecule has 2 heterocycles. The second kappa shape index (κ2) is 9.43. The molecule has 0 radical (unpaired) electrons. The largest absolute Gasteiger partial charge is 0.336 e. The molecule has 4 aromatic rings. The van der Waals surface area contributed by atoms with E-state index in [9.17, 15) is 4.79 Å². The zero-order valence-electron chi connectivity index (χ0n) is 20.3. The van der Waals surface area contributed by atoms with Gasteiger partial charge in [0.25, 0.3) is 5.91 Å². The van der Waals surface area contributed by atoms with Crippen LogP contribution in [-0.2, 0) is 13.1 Å². The third kappa shape index (κ3) is 4.48. The van der Waals surface area contributed by atoms with Gasteiger partial charge in [-0.3, -0.25) is 9.69 Å². The Morgan fingerprint density at radius 2 is 1.47 bits per heavy atom. The first-order valence-corrected chi connectivity index (χ1v) is 12.1. The predicted octanol–water partition coefficient (Wildman–Crippen LogP) is 4.97. The van der Waals surface area contributed by atoms with E-state index in [2.05, 4.69) is 77.1 Å². The van der Waals surface area contributed by atoms with Gasteiger partial charge in [-0.15, -0.1) is 0 Å². The van der Waals surface area contributed by atoms with Gasteiger partial charge in [0.2, 0.25) is 0 Å². The average molecular weight is 453 g/mol. The molecule has 0 bridgehead atoms. The van der Waals surface area contributed by atoms with Gasteiger partial charge in [-0.05, 0) is 49.6 Å². The number of imidazole rings is 1. The summed E-state index contributed by atoms with van der Waals surface area (Å²) in [7, 11) is 0. The minimum Gasteiger partial charge on any atom is -0.336 e. The summed E-state index contributed by atoms with van der Waals surface area (Å²) in [5, 5.41) is 0. The fraction of sp³-hybridized carbons (Fsp3) is 0.310. The number of nitrogens with zero attached hydrogens (tertiary/aromatic N) is 4. The van der Waals surface area contributed by atoms with Gasteiger partial charge in [0.05, 0.1) is 17.6 Å². The van der Waals surface area contributed by atoms with Crippen molar-refractivity contribution < 1.29 is 4.79 Å².